The minimum atomic E-state index is -0.158. The summed E-state index contributed by atoms with van der Waals surface area (Å²) in [6.45, 7) is 9.39. The van der Waals surface area contributed by atoms with Crippen LogP contribution in [0.15, 0.2) is 11.6 Å². The van der Waals surface area contributed by atoms with E-state index in [1.54, 1.807) is 0 Å². The van der Waals surface area contributed by atoms with E-state index in [1.165, 1.54) is 38.2 Å². The van der Waals surface area contributed by atoms with E-state index in [2.05, 4.69) is 26.8 Å². The highest BCUT2D eigenvalue weighted by Crippen LogP contribution is 2.72. The third-order valence-electron chi connectivity index (χ3n) is 6.26. The van der Waals surface area contributed by atoms with Gasteiger partial charge in [0.2, 0.25) is 0 Å². The first-order valence-corrected chi connectivity index (χ1v) is 7.68. The van der Waals surface area contributed by atoms with Crippen LogP contribution >= 0.6 is 0 Å². The highest BCUT2D eigenvalue weighted by Gasteiger charge is 2.65. The van der Waals surface area contributed by atoms with E-state index < -0.39 is 0 Å². The molecule has 0 aromatic rings. The molecule has 0 saturated heterocycles. The first-order chi connectivity index (χ1) is 8.86. The van der Waals surface area contributed by atoms with Crippen LogP contribution in [-0.4, -0.2) is 12.6 Å². The fourth-order valence-corrected chi connectivity index (χ4v) is 5.40. The molecule has 0 amide bonds. The van der Waals surface area contributed by atoms with Gasteiger partial charge in [-0.1, -0.05) is 33.3 Å². The Hall–Kier alpha value is -0.790. The molecule has 1 unspecified atom stereocenters. The zero-order valence-corrected chi connectivity index (χ0v) is 12.7. The lowest BCUT2D eigenvalue weighted by Gasteiger charge is -2.66. The molecule has 4 aliphatic carbocycles. The Morgan fingerprint density at radius 2 is 2.11 bits per heavy atom. The molecule has 0 spiro atoms. The molecule has 4 bridgehead atoms. The maximum atomic E-state index is 11.1. The van der Waals surface area contributed by atoms with Gasteiger partial charge in [0.25, 0.3) is 0 Å². The van der Waals surface area contributed by atoms with E-state index in [9.17, 15) is 4.79 Å². The van der Waals surface area contributed by atoms with Crippen molar-refractivity contribution in [3.05, 3.63) is 11.6 Å². The molecule has 4 atom stereocenters. The summed E-state index contributed by atoms with van der Waals surface area (Å²) < 4.78 is 5.29. The smallest absolute Gasteiger partial charge is 0.302 e. The van der Waals surface area contributed by atoms with Crippen molar-refractivity contribution >= 4 is 5.97 Å². The van der Waals surface area contributed by atoms with Crippen molar-refractivity contribution in [1.82, 2.24) is 0 Å². The summed E-state index contributed by atoms with van der Waals surface area (Å²) in [4.78, 5) is 11.1. The van der Waals surface area contributed by atoms with Crippen LogP contribution < -0.4 is 0 Å². The SMILES string of the molecule is CC(=O)OCC1=CC[C@@H]2[C@@H]3C1[C@@]2(C)CCCC3(C)C. The fourth-order valence-electron chi connectivity index (χ4n) is 5.40. The summed E-state index contributed by atoms with van der Waals surface area (Å²) in [6.07, 6.45) is 7.60. The summed E-state index contributed by atoms with van der Waals surface area (Å²) in [5.41, 5.74) is 2.32. The van der Waals surface area contributed by atoms with Crippen molar-refractivity contribution in [2.45, 2.75) is 53.4 Å². The summed E-state index contributed by atoms with van der Waals surface area (Å²) in [6, 6.07) is 0. The lowest BCUT2D eigenvalue weighted by Crippen LogP contribution is -2.61. The molecule has 2 saturated carbocycles. The molecule has 0 aliphatic heterocycles. The molecule has 0 aromatic carbocycles. The van der Waals surface area contributed by atoms with Gasteiger partial charge in [-0.05, 0) is 53.4 Å². The largest absolute Gasteiger partial charge is 0.461 e. The van der Waals surface area contributed by atoms with Crippen LogP contribution in [0, 0.1) is 28.6 Å². The van der Waals surface area contributed by atoms with Crippen LogP contribution in [0.1, 0.15) is 53.4 Å². The average Bonchev–Trinajstić information content (AvgIpc) is 2.51. The number of allylic oxidation sites excluding steroid dienone is 1. The Morgan fingerprint density at radius 3 is 2.79 bits per heavy atom. The van der Waals surface area contributed by atoms with Crippen molar-refractivity contribution in [1.29, 1.82) is 0 Å². The predicted molar refractivity (Wildman–Crippen MR) is 75.5 cm³/mol. The second kappa shape index (κ2) is 4.10. The minimum Gasteiger partial charge on any atom is -0.461 e. The summed E-state index contributed by atoms with van der Waals surface area (Å²) in [5, 5.41) is 0. The maximum Gasteiger partial charge on any atom is 0.302 e. The predicted octanol–water partition coefficient (Wildman–Crippen LogP) is 3.96. The van der Waals surface area contributed by atoms with E-state index in [0.29, 0.717) is 23.4 Å². The van der Waals surface area contributed by atoms with Crippen molar-refractivity contribution in [2.24, 2.45) is 28.6 Å². The van der Waals surface area contributed by atoms with Gasteiger partial charge in [0, 0.05) is 6.92 Å². The number of hydrogen-bond acceptors (Lipinski definition) is 2. The number of hydrogen-bond donors (Lipinski definition) is 0. The first kappa shape index (κ1) is 13.2. The van der Waals surface area contributed by atoms with Crippen molar-refractivity contribution < 1.29 is 9.53 Å². The van der Waals surface area contributed by atoms with Gasteiger partial charge in [-0.25, -0.2) is 0 Å². The van der Waals surface area contributed by atoms with Gasteiger partial charge < -0.3 is 4.74 Å². The van der Waals surface area contributed by atoms with Gasteiger partial charge in [0.1, 0.15) is 6.61 Å². The third-order valence-corrected chi connectivity index (χ3v) is 6.26. The van der Waals surface area contributed by atoms with Crippen molar-refractivity contribution in [2.75, 3.05) is 6.61 Å². The molecule has 4 aliphatic rings. The number of carbonyl (C=O) groups excluding carboxylic acids is 1. The Bertz CT molecular complexity index is 435. The zero-order chi connectivity index (χ0) is 13.8. The Morgan fingerprint density at radius 1 is 1.37 bits per heavy atom. The number of rotatable bonds is 2. The molecule has 0 N–H and O–H groups in total. The monoisotopic (exact) mass is 262 g/mol. The van der Waals surface area contributed by atoms with Crippen molar-refractivity contribution in [3.63, 3.8) is 0 Å². The van der Waals surface area contributed by atoms with E-state index in [4.69, 9.17) is 4.74 Å². The van der Waals surface area contributed by atoms with E-state index in [-0.39, 0.29) is 5.97 Å². The van der Waals surface area contributed by atoms with Gasteiger partial charge in [-0.2, -0.15) is 0 Å². The Balaban J connectivity index is 1.88. The van der Waals surface area contributed by atoms with E-state index >= 15 is 0 Å². The molecule has 19 heavy (non-hydrogen) atoms. The quantitative estimate of drug-likeness (QED) is 0.556. The van der Waals surface area contributed by atoms with E-state index in [1.807, 2.05) is 0 Å². The average molecular weight is 262 g/mol. The second-order valence-electron chi connectivity index (χ2n) is 7.75. The van der Waals surface area contributed by atoms with Gasteiger partial charge in [0.05, 0.1) is 0 Å². The molecule has 106 valence electrons. The van der Waals surface area contributed by atoms with Crippen LogP contribution in [0.3, 0.4) is 0 Å². The van der Waals surface area contributed by atoms with Gasteiger partial charge >= 0.3 is 5.97 Å². The molecule has 4 rings (SSSR count). The van der Waals surface area contributed by atoms with Gasteiger partial charge in [-0.3, -0.25) is 4.79 Å². The van der Waals surface area contributed by atoms with Crippen LogP contribution in [0.25, 0.3) is 0 Å². The standard InChI is InChI=1S/C17H26O2/c1-11(18)19-10-12-6-7-13-15-14(12)17(13,4)9-5-8-16(15,2)3/h6,13-15H,5,7-10H2,1-4H3/t13-,14?,15-,17+/m1/s1. The topological polar surface area (TPSA) is 26.3 Å². The van der Waals surface area contributed by atoms with Crippen LogP contribution in [0.4, 0.5) is 0 Å². The molecule has 2 nitrogen and oxygen atoms in total. The number of ether oxygens (including phenoxy) is 1. The summed E-state index contributed by atoms with van der Waals surface area (Å²) in [5.74, 6) is 2.16. The first-order valence-electron chi connectivity index (χ1n) is 7.68. The zero-order valence-electron chi connectivity index (χ0n) is 12.7. The Kier molecular flexibility index (Phi) is 2.85. The lowest BCUT2D eigenvalue weighted by molar-refractivity contribution is -0.151. The highest BCUT2D eigenvalue weighted by molar-refractivity contribution is 5.66. The molecule has 0 radical (unpaired) electrons. The molecule has 2 fully saturated rings. The molecule has 2 heteroatoms. The molecular formula is C17H26O2. The third kappa shape index (κ3) is 1.79. The number of fused-ring (bicyclic) bond motifs is 1. The van der Waals surface area contributed by atoms with Gasteiger partial charge in [-0.15, -0.1) is 0 Å². The molecule has 0 heterocycles. The minimum absolute atomic E-state index is 0.158. The number of carbonyl (C=O) groups is 1. The summed E-state index contributed by atoms with van der Waals surface area (Å²) in [7, 11) is 0. The molecule has 0 aromatic heterocycles. The van der Waals surface area contributed by atoms with Crippen LogP contribution in [0.5, 0.6) is 0 Å². The van der Waals surface area contributed by atoms with Gasteiger partial charge in [0.15, 0.2) is 0 Å². The normalized spacial score (nSPS) is 42.7. The maximum absolute atomic E-state index is 11.1. The Labute approximate surface area is 116 Å². The van der Waals surface area contributed by atoms with Crippen LogP contribution in [-0.2, 0) is 9.53 Å². The fraction of sp³-hybridized carbons (Fsp3) is 0.824. The van der Waals surface area contributed by atoms with Crippen LogP contribution in [0.2, 0.25) is 0 Å². The number of esters is 1. The second-order valence-corrected chi connectivity index (χ2v) is 7.75. The lowest BCUT2D eigenvalue weighted by atomic mass is 9.38. The summed E-state index contributed by atoms with van der Waals surface area (Å²) >= 11 is 0. The highest BCUT2D eigenvalue weighted by atomic mass is 16.5. The van der Waals surface area contributed by atoms with E-state index in [0.717, 1.165) is 11.8 Å². The van der Waals surface area contributed by atoms with Crippen molar-refractivity contribution in [3.8, 4) is 0 Å². The molecular weight excluding hydrogens is 236 g/mol.